The highest BCUT2D eigenvalue weighted by molar-refractivity contribution is 7.90. The summed E-state index contributed by atoms with van der Waals surface area (Å²) in [6.45, 7) is 2.31. The van der Waals surface area contributed by atoms with Crippen LogP contribution >= 0.6 is 12.4 Å². The van der Waals surface area contributed by atoms with Gasteiger partial charge >= 0.3 is 0 Å². The van der Waals surface area contributed by atoms with Gasteiger partial charge in [0.05, 0.1) is 5.69 Å². The van der Waals surface area contributed by atoms with Crippen LogP contribution in [-0.4, -0.2) is 34.0 Å². The normalized spacial score (nSPS) is 23.7. The molecule has 1 amide bonds. The molecule has 7 nitrogen and oxygen atoms in total. The molecule has 9 heteroatoms. The van der Waals surface area contributed by atoms with Gasteiger partial charge in [0, 0.05) is 18.2 Å². The molecule has 1 spiro atoms. The molecule has 2 aliphatic heterocycles. The maximum atomic E-state index is 12.5. The fourth-order valence-electron chi connectivity index (χ4n) is 4.12. The Balaban J connectivity index is 0.00000182. The van der Waals surface area contributed by atoms with Crippen LogP contribution in [0.5, 0.6) is 0 Å². The zero-order valence-electron chi connectivity index (χ0n) is 13.8. The van der Waals surface area contributed by atoms with E-state index in [4.69, 9.17) is 5.14 Å². The molecule has 1 saturated carbocycles. The summed E-state index contributed by atoms with van der Waals surface area (Å²) in [4.78, 5) is 12.5. The second-order valence-corrected chi connectivity index (χ2v) is 8.54. The molecular formula is C16H23ClN4O3S. The minimum absolute atomic E-state index is 0. The third-order valence-corrected chi connectivity index (χ3v) is 6.61. The first-order chi connectivity index (χ1) is 11.4. The van der Waals surface area contributed by atoms with E-state index in [1.807, 2.05) is 12.1 Å². The Bertz CT molecular complexity index is 793. The van der Waals surface area contributed by atoms with Gasteiger partial charge in [0.1, 0.15) is 0 Å². The van der Waals surface area contributed by atoms with Crippen LogP contribution in [-0.2, 0) is 21.4 Å². The lowest BCUT2D eigenvalue weighted by Crippen LogP contribution is -2.35. The van der Waals surface area contributed by atoms with Gasteiger partial charge in [-0.05, 0) is 61.9 Å². The lowest BCUT2D eigenvalue weighted by molar-refractivity contribution is -0.118. The first kappa shape index (κ1) is 18.4. The summed E-state index contributed by atoms with van der Waals surface area (Å²) in [7, 11) is -3.77. The van der Waals surface area contributed by atoms with Gasteiger partial charge < -0.3 is 10.6 Å². The molecule has 0 radical (unpaired) electrons. The number of carbonyl (C=O) groups excluding carboxylic acids is 1. The largest absolute Gasteiger partial charge is 0.326 e. The van der Waals surface area contributed by atoms with E-state index in [1.165, 1.54) is 4.31 Å². The Labute approximate surface area is 153 Å². The lowest BCUT2D eigenvalue weighted by Gasteiger charge is -2.23. The Morgan fingerprint density at radius 2 is 2.04 bits per heavy atom. The first-order valence-electron chi connectivity index (χ1n) is 8.34. The third-order valence-electron chi connectivity index (χ3n) is 5.62. The van der Waals surface area contributed by atoms with Gasteiger partial charge in [-0.25, -0.2) is 5.14 Å². The van der Waals surface area contributed by atoms with Gasteiger partial charge in [-0.15, -0.1) is 12.4 Å². The highest BCUT2D eigenvalue weighted by atomic mass is 35.5. The minimum atomic E-state index is -3.77. The molecule has 3 aliphatic rings. The molecule has 1 aromatic carbocycles. The lowest BCUT2D eigenvalue weighted by atomic mass is 9.92. The number of amides is 1. The number of benzene rings is 1. The predicted molar refractivity (Wildman–Crippen MR) is 99.1 cm³/mol. The molecule has 2 fully saturated rings. The van der Waals surface area contributed by atoms with Gasteiger partial charge in [-0.3, -0.25) is 9.10 Å². The van der Waals surface area contributed by atoms with E-state index >= 15 is 0 Å². The van der Waals surface area contributed by atoms with Crippen LogP contribution < -0.4 is 20.1 Å². The molecule has 1 saturated heterocycles. The van der Waals surface area contributed by atoms with Gasteiger partial charge in [0.25, 0.3) is 10.2 Å². The fraction of sp³-hybridized carbons (Fsp3) is 0.562. The predicted octanol–water partition coefficient (Wildman–Crippen LogP) is 1.00. The Morgan fingerprint density at radius 1 is 1.32 bits per heavy atom. The zero-order chi connectivity index (χ0) is 16.9. The molecule has 1 unspecified atom stereocenters. The van der Waals surface area contributed by atoms with E-state index in [0.29, 0.717) is 24.3 Å². The number of hydrogen-bond acceptors (Lipinski definition) is 4. The molecule has 0 bridgehead atoms. The number of nitrogens with zero attached hydrogens (tertiary/aromatic N) is 1. The molecule has 4 rings (SSSR count). The Kier molecular flexibility index (Phi) is 4.74. The standard InChI is InChI=1S/C16H22N4O3S.ClH/c17-24(22,23)20-8-3-11-1-2-12(9-14(11)20)19-15(21)13-10-16(13)4-6-18-7-5-16;/h1-2,9,13,18H,3-8,10H2,(H,19,21)(H2,17,22,23);1H. The van der Waals surface area contributed by atoms with Crippen molar-refractivity contribution < 1.29 is 13.2 Å². The van der Waals surface area contributed by atoms with Gasteiger partial charge in [0.2, 0.25) is 5.91 Å². The van der Waals surface area contributed by atoms with Crippen molar-refractivity contribution in [3.8, 4) is 0 Å². The van der Waals surface area contributed by atoms with Crippen molar-refractivity contribution in [2.75, 3.05) is 29.3 Å². The van der Waals surface area contributed by atoms with Crippen molar-refractivity contribution in [3.63, 3.8) is 0 Å². The average Bonchev–Trinajstić information content (AvgIpc) is 3.04. The summed E-state index contributed by atoms with van der Waals surface area (Å²) >= 11 is 0. The van der Waals surface area contributed by atoms with E-state index in [9.17, 15) is 13.2 Å². The molecule has 1 atom stereocenters. The van der Waals surface area contributed by atoms with Gasteiger partial charge in [-0.1, -0.05) is 6.07 Å². The van der Waals surface area contributed by atoms with E-state index in [1.54, 1.807) is 6.07 Å². The molecule has 4 N–H and O–H groups in total. The summed E-state index contributed by atoms with van der Waals surface area (Å²) in [6.07, 6.45) is 3.69. The summed E-state index contributed by atoms with van der Waals surface area (Å²) < 4.78 is 24.5. The van der Waals surface area contributed by atoms with Crippen molar-refractivity contribution in [1.29, 1.82) is 0 Å². The maximum Gasteiger partial charge on any atom is 0.299 e. The number of nitrogens with two attached hydrogens (primary N) is 1. The second-order valence-electron chi connectivity index (χ2n) is 7.07. The number of carbonyl (C=O) groups is 1. The van der Waals surface area contributed by atoms with Crippen molar-refractivity contribution in [3.05, 3.63) is 23.8 Å². The van der Waals surface area contributed by atoms with Crippen LogP contribution in [0.2, 0.25) is 0 Å². The molecule has 138 valence electrons. The van der Waals surface area contributed by atoms with Gasteiger partial charge in [-0.2, -0.15) is 8.42 Å². The number of hydrogen-bond donors (Lipinski definition) is 3. The van der Waals surface area contributed by atoms with Crippen LogP contribution in [0, 0.1) is 11.3 Å². The second kappa shape index (κ2) is 6.42. The van der Waals surface area contributed by atoms with Crippen molar-refractivity contribution in [1.82, 2.24) is 5.32 Å². The quantitative estimate of drug-likeness (QED) is 0.720. The van der Waals surface area contributed by atoms with E-state index in [2.05, 4.69) is 10.6 Å². The summed E-state index contributed by atoms with van der Waals surface area (Å²) in [6, 6.07) is 5.41. The number of anilines is 2. The maximum absolute atomic E-state index is 12.5. The number of nitrogens with one attached hydrogen (secondary N) is 2. The minimum Gasteiger partial charge on any atom is -0.326 e. The SMILES string of the molecule is Cl.NS(=O)(=O)N1CCc2ccc(NC(=O)C3CC34CCNCC4)cc21. The first-order valence-corrected chi connectivity index (χ1v) is 9.84. The van der Waals surface area contributed by atoms with E-state index in [0.717, 1.165) is 37.9 Å². The summed E-state index contributed by atoms with van der Waals surface area (Å²) in [5.41, 5.74) is 2.31. The van der Waals surface area contributed by atoms with Crippen molar-refractivity contribution in [2.24, 2.45) is 16.5 Å². The van der Waals surface area contributed by atoms with Crippen molar-refractivity contribution >= 4 is 39.9 Å². The number of fused-ring (bicyclic) bond motifs is 1. The molecule has 1 aliphatic carbocycles. The monoisotopic (exact) mass is 386 g/mol. The number of rotatable bonds is 3. The molecule has 2 heterocycles. The summed E-state index contributed by atoms with van der Waals surface area (Å²) in [5, 5.41) is 11.5. The smallest absolute Gasteiger partial charge is 0.299 e. The molecule has 0 aromatic heterocycles. The number of halogens is 1. The van der Waals surface area contributed by atoms with E-state index < -0.39 is 10.2 Å². The highest BCUT2D eigenvalue weighted by Crippen LogP contribution is 2.58. The molecule has 25 heavy (non-hydrogen) atoms. The Hall–Kier alpha value is -1.35. The molecule has 1 aromatic rings. The number of piperidine rings is 1. The Morgan fingerprint density at radius 3 is 2.72 bits per heavy atom. The molecular weight excluding hydrogens is 364 g/mol. The highest BCUT2D eigenvalue weighted by Gasteiger charge is 2.57. The fourth-order valence-corrected chi connectivity index (χ4v) is 4.91. The van der Waals surface area contributed by atoms with E-state index in [-0.39, 0.29) is 29.6 Å². The van der Waals surface area contributed by atoms with Crippen molar-refractivity contribution in [2.45, 2.75) is 25.7 Å². The zero-order valence-corrected chi connectivity index (χ0v) is 15.5. The van der Waals surface area contributed by atoms with Crippen LogP contribution in [0.1, 0.15) is 24.8 Å². The summed E-state index contributed by atoms with van der Waals surface area (Å²) in [5.74, 6) is 0.110. The average molecular weight is 387 g/mol. The topological polar surface area (TPSA) is 105 Å². The van der Waals surface area contributed by atoms with Crippen LogP contribution in [0.25, 0.3) is 0 Å². The van der Waals surface area contributed by atoms with Crippen LogP contribution in [0.4, 0.5) is 11.4 Å². The third kappa shape index (κ3) is 3.36. The van der Waals surface area contributed by atoms with Gasteiger partial charge in [0.15, 0.2) is 0 Å². The van der Waals surface area contributed by atoms with Crippen LogP contribution in [0.3, 0.4) is 0 Å². The van der Waals surface area contributed by atoms with Crippen LogP contribution in [0.15, 0.2) is 18.2 Å².